The molecule has 0 unspecified atom stereocenters. The van der Waals surface area contributed by atoms with Gasteiger partial charge in [-0.25, -0.2) is 9.18 Å². The van der Waals surface area contributed by atoms with E-state index < -0.39 is 11.8 Å². The van der Waals surface area contributed by atoms with Crippen LogP contribution in [-0.2, 0) is 28.9 Å². The van der Waals surface area contributed by atoms with Gasteiger partial charge in [0.2, 0.25) is 0 Å². The van der Waals surface area contributed by atoms with Gasteiger partial charge in [-0.05, 0) is 37.8 Å². The van der Waals surface area contributed by atoms with Crippen LogP contribution in [0.1, 0.15) is 58.8 Å². The lowest BCUT2D eigenvalue weighted by Gasteiger charge is -2.16. The number of ether oxygens (including phenoxy) is 3. The molecule has 180 valence electrons. The van der Waals surface area contributed by atoms with Crippen LogP contribution in [0, 0.1) is 11.7 Å². The Kier molecular flexibility index (Phi) is 8.82. The van der Waals surface area contributed by atoms with Crippen molar-refractivity contribution in [3.05, 3.63) is 46.5 Å². The van der Waals surface area contributed by atoms with E-state index in [-0.39, 0.29) is 29.7 Å². The number of aromatic nitrogens is 2. The summed E-state index contributed by atoms with van der Waals surface area (Å²) in [6.45, 7) is 6.22. The number of nitrogens with zero attached hydrogens (tertiary/aromatic N) is 2. The number of benzene rings is 1. The van der Waals surface area contributed by atoms with Crippen LogP contribution in [-0.4, -0.2) is 55.1 Å². The number of rotatable bonds is 7. The summed E-state index contributed by atoms with van der Waals surface area (Å²) >= 11 is 0. The molecule has 1 aliphatic rings. The molecule has 2 aromatic rings. The molecule has 8 nitrogen and oxygen atoms in total. The Bertz CT molecular complexity index is 975. The topological polar surface area (TPSA) is 91.7 Å². The van der Waals surface area contributed by atoms with Gasteiger partial charge in [-0.2, -0.15) is 5.10 Å². The smallest absolute Gasteiger partial charge is 0.344 e. The van der Waals surface area contributed by atoms with Crippen molar-refractivity contribution >= 4 is 11.9 Å². The van der Waals surface area contributed by atoms with E-state index in [0.29, 0.717) is 44.7 Å². The quantitative estimate of drug-likeness (QED) is 0.637. The van der Waals surface area contributed by atoms with Gasteiger partial charge in [-0.3, -0.25) is 9.48 Å². The first-order valence-corrected chi connectivity index (χ1v) is 11.4. The molecule has 1 N–H and O–H groups in total. The summed E-state index contributed by atoms with van der Waals surface area (Å²) in [5.41, 5.74) is 2.04. The van der Waals surface area contributed by atoms with Crippen molar-refractivity contribution in [3.8, 4) is 5.75 Å². The highest BCUT2D eigenvalue weighted by molar-refractivity contribution is 5.96. The van der Waals surface area contributed by atoms with Crippen LogP contribution < -0.4 is 10.1 Å². The van der Waals surface area contributed by atoms with Gasteiger partial charge >= 0.3 is 5.97 Å². The Morgan fingerprint density at radius 1 is 1.33 bits per heavy atom. The number of hydrogen-bond donors (Lipinski definition) is 1. The molecule has 9 heteroatoms. The summed E-state index contributed by atoms with van der Waals surface area (Å²) in [5, 5.41) is 7.65. The van der Waals surface area contributed by atoms with Crippen LogP contribution in [0.25, 0.3) is 0 Å². The minimum absolute atomic E-state index is 0.0712. The molecular weight excluding hydrogens is 429 g/mol. The number of carbonyl (C=O) groups is 2. The number of fused-ring (bicyclic) bond motifs is 1. The van der Waals surface area contributed by atoms with Gasteiger partial charge in [0.25, 0.3) is 5.91 Å². The van der Waals surface area contributed by atoms with Gasteiger partial charge in [-0.1, -0.05) is 19.9 Å². The average Bonchev–Trinajstić information content (AvgIpc) is 3.13. The molecule has 0 radical (unpaired) electrons. The molecule has 1 aromatic heterocycles. The first-order valence-electron chi connectivity index (χ1n) is 11.4. The molecule has 1 aliphatic heterocycles. The lowest BCUT2D eigenvalue weighted by Crippen LogP contribution is -2.27. The Morgan fingerprint density at radius 2 is 2.12 bits per heavy atom. The number of carbonyl (C=O) groups excluding carboxylic acids is 2. The fourth-order valence-corrected chi connectivity index (χ4v) is 3.89. The molecule has 0 saturated heterocycles. The van der Waals surface area contributed by atoms with Gasteiger partial charge in [-0.15, -0.1) is 0 Å². The molecule has 1 aromatic carbocycles. The zero-order chi connectivity index (χ0) is 23.8. The van der Waals surface area contributed by atoms with Crippen molar-refractivity contribution in [2.75, 3.05) is 33.5 Å². The van der Waals surface area contributed by atoms with Crippen molar-refractivity contribution in [2.45, 2.75) is 46.1 Å². The zero-order valence-electron chi connectivity index (χ0n) is 19.5. The molecule has 0 saturated carbocycles. The molecule has 1 amide bonds. The molecule has 0 aliphatic carbocycles. The molecule has 3 rings (SSSR count). The maximum atomic E-state index is 14.1. The maximum absolute atomic E-state index is 14.1. The third-order valence-corrected chi connectivity index (χ3v) is 5.53. The van der Waals surface area contributed by atoms with Crippen LogP contribution in [0.4, 0.5) is 4.39 Å². The standard InChI is InChI=1S/C24H32FN3O5/c1-4-18-22-19(9-6-12-32-13-7-11-26-23(22)29)28(27-18)14-16(2)15-33-24(30)21-17(25)8-5-10-20(21)31-3/h5,8,10,16H,4,6-7,9,11-15H2,1-3H3,(H,26,29)/t16-/m1/s1. The van der Waals surface area contributed by atoms with E-state index in [9.17, 15) is 14.0 Å². The highest BCUT2D eigenvalue weighted by Crippen LogP contribution is 2.23. The van der Waals surface area contributed by atoms with Gasteiger partial charge in [0, 0.05) is 32.2 Å². The second-order valence-electron chi connectivity index (χ2n) is 8.15. The van der Waals surface area contributed by atoms with E-state index in [4.69, 9.17) is 14.2 Å². The first kappa shape index (κ1) is 24.7. The number of nitrogens with one attached hydrogen (secondary N) is 1. The van der Waals surface area contributed by atoms with E-state index in [1.54, 1.807) is 0 Å². The van der Waals surface area contributed by atoms with Crippen molar-refractivity contribution in [1.82, 2.24) is 15.1 Å². The zero-order valence-corrected chi connectivity index (χ0v) is 19.5. The highest BCUT2D eigenvalue weighted by atomic mass is 19.1. The Balaban J connectivity index is 1.73. The highest BCUT2D eigenvalue weighted by Gasteiger charge is 2.25. The molecule has 0 bridgehead atoms. The van der Waals surface area contributed by atoms with Crippen LogP contribution in [0.15, 0.2) is 18.2 Å². The summed E-state index contributed by atoms with van der Waals surface area (Å²) in [7, 11) is 1.37. The fraction of sp³-hybridized carbons (Fsp3) is 0.542. The number of esters is 1. The van der Waals surface area contributed by atoms with Gasteiger partial charge in [0.1, 0.15) is 17.1 Å². The van der Waals surface area contributed by atoms with Crippen LogP contribution in [0.3, 0.4) is 0 Å². The average molecular weight is 462 g/mol. The van der Waals surface area contributed by atoms with Crippen LogP contribution >= 0.6 is 0 Å². The SMILES string of the molecule is CCc1nn(C[C@@H](C)COC(=O)c2c(F)cccc2OC)c2c1C(=O)NCCCOCCC2. The molecule has 1 atom stereocenters. The van der Waals surface area contributed by atoms with Crippen LogP contribution in [0.2, 0.25) is 0 Å². The van der Waals surface area contributed by atoms with E-state index in [1.807, 2.05) is 18.5 Å². The van der Waals surface area contributed by atoms with E-state index in [0.717, 1.165) is 24.2 Å². The van der Waals surface area contributed by atoms with Crippen molar-refractivity contribution in [1.29, 1.82) is 0 Å². The third kappa shape index (κ3) is 6.10. The fourth-order valence-electron chi connectivity index (χ4n) is 3.89. The molecular formula is C24H32FN3O5. The summed E-state index contributed by atoms with van der Waals surface area (Å²) in [6.07, 6.45) is 2.85. The Morgan fingerprint density at radius 3 is 2.88 bits per heavy atom. The molecule has 0 spiro atoms. The van der Waals surface area contributed by atoms with E-state index in [1.165, 1.54) is 25.3 Å². The lowest BCUT2D eigenvalue weighted by atomic mass is 10.1. The van der Waals surface area contributed by atoms with Gasteiger partial charge in [0.05, 0.1) is 30.7 Å². The van der Waals surface area contributed by atoms with Crippen LogP contribution in [0.5, 0.6) is 5.75 Å². The molecule has 33 heavy (non-hydrogen) atoms. The number of halogens is 1. The van der Waals surface area contributed by atoms with E-state index >= 15 is 0 Å². The number of methoxy groups -OCH3 is 1. The van der Waals surface area contributed by atoms with Gasteiger partial charge < -0.3 is 19.5 Å². The lowest BCUT2D eigenvalue weighted by molar-refractivity contribution is 0.0426. The number of amides is 1. The van der Waals surface area contributed by atoms with Gasteiger partial charge in [0.15, 0.2) is 0 Å². The Hall–Kier alpha value is -2.94. The molecule has 0 fully saturated rings. The summed E-state index contributed by atoms with van der Waals surface area (Å²) < 4.78 is 32.1. The monoisotopic (exact) mass is 461 g/mol. The largest absolute Gasteiger partial charge is 0.496 e. The third-order valence-electron chi connectivity index (χ3n) is 5.53. The van der Waals surface area contributed by atoms with Crippen molar-refractivity contribution in [3.63, 3.8) is 0 Å². The number of aryl methyl sites for hydroxylation is 1. The normalized spacial score (nSPS) is 15.7. The minimum Gasteiger partial charge on any atom is -0.496 e. The van der Waals surface area contributed by atoms with E-state index in [2.05, 4.69) is 10.4 Å². The second-order valence-corrected chi connectivity index (χ2v) is 8.15. The summed E-state index contributed by atoms with van der Waals surface area (Å²) in [6, 6.07) is 4.18. The minimum atomic E-state index is -0.776. The summed E-state index contributed by atoms with van der Waals surface area (Å²) in [5.74, 6) is -1.56. The maximum Gasteiger partial charge on any atom is 0.344 e. The predicted molar refractivity (Wildman–Crippen MR) is 120 cm³/mol. The van der Waals surface area contributed by atoms with Crippen molar-refractivity contribution < 1.29 is 28.2 Å². The number of hydrogen-bond acceptors (Lipinski definition) is 6. The summed E-state index contributed by atoms with van der Waals surface area (Å²) in [4.78, 5) is 25.3. The second kappa shape index (κ2) is 11.8. The van der Waals surface area contributed by atoms with Crippen molar-refractivity contribution in [2.24, 2.45) is 5.92 Å². The predicted octanol–water partition coefficient (Wildman–Crippen LogP) is 3.17. The molecule has 2 heterocycles. The first-order chi connectivity index (χ1) is 16.0. The Labute approximate surface area is 193 Å².